The minimum atomic E-state index is 0.164. The van der Waals surface area contributed by atoms with Crippen molar-refractivity contribution in [1.82, 2.24) is 15.5 Å². The Morgan fingerprint density at radius 2 is 2.00 bits per heavy atom. The van der Waals surface area contributed by atoms with E-state index in [0.717, 1.165) is 5.92 Å². The van der Waals surface area contributed by atoms with Gasteiger partial charge in [-0.2, -0.15) is 0 Å². The quantitative estimate of drug-likeness (QED) is 0.727. The third-order valence-corrected chi connectivity index (χ3v) is 3.87. The third kappa shape index (κ3) is 3.16. The van der Waals surface area contributed by atoms with Crippen molar-refractivity contribution in [3.05, 3.63) is 0 Å². The van der Waals surface area contributed by atoms with Gasteiger partial charge in [-0.15, -0.1) is 0 Å². The van der Waals surface area contributed by atoms with Crippen molar-refractivity contribution in [2.24, 2.45) is 5.92 Å². The second kappa shape index (κ2) is 5.28. The van der Waals surface area contributed by atoms with Gasteiger partial charge in [-0.25, -0.2) is 0 Å². The van der Waals surface area contributed by atoms with E-state index in [1.54, 1.807) is 0 Å². The molecule has 1 saturated heterocycles. The van der Waals surface area contributed by atoms with Gasteiger partial charge in [-0.1, -0.05) is 0 Å². The second-order valence-electron chi connectivity index (χ2n) is 5.40. The molecule has 0 amide bonds. The van der Waals surface area contributed by atoms with E-state index in [0.29, 0.717) is 6.04 Å². The SMILES string of the molecule is CNC(C1CCCN(C)C1)C(C)(C)NC. The van der Waals surface area contributed by atoms with Crippen molar-refractivity contribution < 1.29 is 0 Å². The van der Waals surface area contributed by atoms with Gasteiger partial charge < -0.3 is 15.5 Å². The van der Waals surface area contributed by atoms with E-state index in [-0.39, 0.29) is 5.54 Å². The molecule has 3 nitrogen and oxygen atoms in total. The highest BCUT2D eigenvalue weighted by Gasteiger charge is 2.34. The summed E-state index contributed by atoms with van der Waals surface area (Å²) in [5, 5.41) is 6.92. The normalized spacial score (nSPS) is 26.6. The molecular weight excluding hydrogens is 186 g/mol. The lowest BCUT2D eigenvalue weighted by Gasteiger charge is -2.43. The van der Waals surface area contributed by atoms with Crippen LogP contribution in [0, 0.1) is 5.92 Å². The van der Waals surface area contributed by atoms with E-state index >= 15 is 0 Å². The highest BCUT2D eigenvalue weighted by atomic mass is 15.1. The van der Waals surface area contributed by atoms with Gasteiger partial charge in [-0.05, 0) is 60.3 Å². The Kier molecular flexibility index (Phi) is 4.56. The Hall–Kier alpha value is -0.120. The fraction of sp³-hybridized carbons (Fsp3) is 1.00. The summed E-state index contributed by atoms with van der Waals surface area (Å²) in [6.45, 7) is 7.04. The van der Waals surface area contributed by atoms with E-state index < -0.39 is 0 Å². The van der Waals surface area contributed by atoms with Crippen molar-refractivity contribution >= 4 is 0 Å². The number of hydrogen-bond acceptors (Lipinski definition) is 3. The molecule has 1 aliphatic heterocycles. The molecule has 0 spiro atoms. The standard InChI is InChI=1S/C12H27N3/c1-12(2,14-4)11(13-3)10-7-6-8-15(5)9-10/h10-11,13-14H,6-9H2,1-5H3. The molecule has 2 N–H and O–H groups in total. The van der Waals surface area contributed by atoms with Crippen molar-refractivity contribution in [2.75, 3.05) is 34.2 Å². The van der Waals surface area contributed by atoms with Gasteiger partial charge in [0.1, 0.15) is 0 Å². The second-order valence-corrected chi connectivity index (χ2v) is 5.40. The van der Waals surface area contributed by atoms with E-state index in [1.807, 2.05) is 0 Å². The summed E-state index contributed by atoms with van der Waals surface area (Å²) in [5.41, 5.74) is 0.164. The van der Waals surface area contributed by atoms with Crippen LogP contribution in [0.4, 0.5) is 0 Å². The molecule has 0 bridgehead atoms. The molecule has 0 aromatic carbocycles. The van der Waals surface area contributed by atoms with Gasteiger partial charge in [0, 0.05) is 18.1 Å². The lowest BCUT2D eigenvalue weighted by Crippen LogP contribution is -2.59. The smallest absolute Gasteiger partial charge is 0.0281 e. The molecule has 0 aromatic heterocycles. The van der Waals surface area contributed by atoms with E-state index in [2.05, 4.69) is 50.5 Å². The fourth-order valence-corrected chi connectivity index (χ4v) is 2.82. The maximum atomic E-state index is 3.49. The molecule has 90 valence electrons. The topological polar surface area (TPSA) is 27.3 Å². The molecule has 0 aliphatic carbocycles. The van der Waals surface area contributed by atoms with Crippen LogP contribution in [0.3, 0.4) is 0 Å². The number of likely N-dealkylation sites (tertiary alicyclic amines) is 1. The van der Waals surface area contributed by atoms with Gasteiger partial charge in [0.15, 0.2) is 0 Å². The van der Waals surface area contributed by atoms with E-state index in [9.17, 15) is 0 Å². The predicted octanol–water partition coefficient (Wildman–Crippen LogP) is 0.914. The van der Waals surface area contributed by atoms with Crippen LogP contribution in [-0.2, 0) is 0 Å². The first kappa shape index (κ1) is 12.9. The van der Waals surface area contributed by atoms with Crippen LogP contribution in [0.25, 0.3) is 0 Å². The van der Waals surface area contributed by atoms with Crippen molar-refractivity contribution in [1.29, 1.82) is 0 Å². The van der Waals surface area contributed by atoms with E-state index in [4.69, 9.17) is 0 Å². The van der Waals surface area contributed by atoms with Crippen LogP contribution >= 0.6 is 0 Å². The van der Waals surface area contributed by atoms with Gasteiger partial charge in [-0.3, -0.25) is 0 Å². The summed E-state index contributed by atoms with van der Waals surface area (Å²) in [6.07, 6.45) is 2.68. The molecule has 2 atom stereocenters. The van der Waals surface area contributed by atoms with Crippen molar-refractivity contribution in [3.63, 3.8) is 0 Å². The number of nitrogens with one attached hydrogen (secondary N) is 2. The Labute approximate surface area is 94.6 Å². The molecule has 15 heavy (non-hydrogen) atoms. The van der Waals surface area contributed by atoms with Gasteiger partial charge in [0.25, 0.3) is 0 Å². The summed E-state index contributed by atoms with van der Waals surface area (Å²) < 4.78 is 0. The van der Waals surface area contributed by atoms with Gasteiger partial charge in [0.05, 0.1) is 0 Å². The molecule has 0 saturated carbocycles. The number of likely N-dealkylation sites (N-methyl/N-ethyl adjacent to an activating group) is 2. The summed E-state index contributed by atoms with van der Waals surface area (Å²) in [5.74, 6) is 0.760. The molecular formula is C12H27N3. The molecule has 1 rings (SSSR count). The molecule has 1 aliphatic rings. The number of nitrogens with zero attached hydrogens (tertiary/aromatic N) is 1. The van der Waals surface area contributed by atoms with E-state index in [1.165, 1.54) is 25.9 Å². The summed E-state index contributed by atoms with van der Waals surface area (Å²) in [7, 11) is 6.36. The maximum absolute atomic E-state index is 3.49. The molecule has 2 unspecified atom stereocenters. The molecule has 1 heterocycles. The lowest BCUT2D eigenvalue weighted by atomic mass is 9.80. The highest BCUT2D eigenvalue weighted by molar-refractivity contribution is 4.95. The number of hydrogen-bond donors (Lipinski definition) is 2. The minimum Gasteiger partial charge on any atom is -0.315 e. The lowest BCUT2D eigenvalue weighted by molar-refractivity contribution is 0.133. The van der Waals surface area contributed by atoms with Crippen LogP contribution in [0.15, 0.2) is 0 Å². The third-order valence-electron chi connectivity index (χ3n) is 3.87. The minimum absolute atomic E-state index is 0.164. The predicted molar refractivity (Wildman–Crippen MR) is 66.2 cm³/mol. The van der Waals surface area contributed by atoms with Crippen LogP contribution in [0.1, 0.15) is 26.7 Å². The average molecular weight is 213 g/mol. The summed E-state index contributed by atoms with van der Waals surface area (Å²) in [6, 6.07) is 0.547. The maximum Gasteiger partial charge on any atom is 0.0281 e. The average Bonchev–Trinajstić information content (AvgIpc) is 2.18. The summed E-state index contributed by atoms with van der Waals surface area (Å²) in [4.78, 5) is 2.45. The highest BCUT2D eigenvalue weighted by Crippen LogP contribution is 2.25. The Balaban J connectivity index is 2.65. The zero-order valence-electron chi connectivity index (χ0n) is 10.9. The van der Waals surface area contributed by atoms with Gasteiger partial charge >= 0.3 is 0 Å². The first-order valence-corrected chi connectivity index (χ1v) is 6.06. The summed E-state index contributed by atoms with van der Waals surface area (Å²) >= 11 is 0. The zero-order valence-corrected chi connectivity index (χ0v) is 10.9. The molecule has 3 heteroatoms. The van der Waals surface area contributed by atoms with Crippen molar-refractivity contribution in [3.8, 4) is 0 Å². The van der Waals surface area contributed by atoms with Crippen LogP contribution in [0.5, 0.6) is 0 Å². The first-order chi connectivity index (χ1) is 7.01. The van der Waals surface area contributed by atoms with Crippen LogP contribution in [0.2, 0.25) is 0 Å². The molecule has 0 aromatic rings. The van der Waals surface area contributed by atoms with Gasteiger partial charge in [0.2, 0.25) is 0 Å². The van der Waals surface area contributed by atoms with Crippen LogP contribution < -0.4 is 10.6 Å². The largest absolute Gasteiger partial charge is 0.315 e. The Bertz CT molecular complexity index is 191. The molecule has 0 radical (unpaired) electrons. The fourth-order valence-electron chi connectivity index (χ4n) is 2.82. The monoisotopic (exact) mass is 213 g/mol. The van der Waals surface area contributed by atoms with Crippen molar-refractivity contribution in [2.45, 2.75) is 38.3 Å². The Morgan fingerprint density at radius 3 is 2.47 bits per heavy atom. The zero-order chi connectivity index (χ0) is 11.5. The number of piperidine rings is 1. The number of rotatable bonds is 4. The Morgan fingerprint density at radius 1 is 1.33 bits per heavy atom. The molecule has 1 fully saturated rings. The first-order valence-electron chi connectivity index (χ1n) is 6.06. The van der Waals surface area contributed by atoms with Crippen LogP contribution in [-0.4, -0.2) is 50.7 Å².